The molecule has 0 radical (unpaired) electrons. The Morgan fingerprint density at radius 2 is 1.65 bits per heavy atom. The van der Waals surface area contributed by atoms with E-state index in [0.29, 0.717) is 0 Å². The Labute approximate surface area is 129 Å². The number of carboxylic acids is 1. The van der Waals surface area contributed by atoms with Crippen LogP contribution < -0.4 is 5.32 Å². The van der Waals surface area contributed by atoms with Gasteiger partial charge in [-0.05, 0) is 70.3 Å². The largest absolute Gasteiger partial charge is 0.481 e. The van der Waals surface area contributed by atoms with Crippen molar-refractivity contribution < 1.29 is 9.90 Å². The van der Waals surface area contributed by atoms with E-state index in [1.165, 1.54) is 36.0 Å². The molecule has 1 fully saturated rings. The van der Waals surface area contributed by atoms with E-state index in [4.69, 9.17) is 5.11 Å². The van der Waals surface area contributed by atoms with Gasteiger partial charge in [-0.25, -0.2) is 0 Å². The van der Waals surface area contributed by atoms with Crippen molar-refractivity contribution in [1.29, 1.82) is 0 Å². The van der Waals surface area contributed by atoms with Crippen molar-refractivity contribution in [3.63, 3.8) is 0 Å². The van der Waals surface area contributed by atoms with E-state index in [-0.39, 0.29) is 0 Å². The summed E-state index contributed by atoms with van der Waals surface area (Å²) in [6.07, 6.45) is 2.56. The first kappa shape index (κ1) is 17.2. The van der Waals surface area contributed by atoms with Crippen LogP contribution in [0.1, 0.15) is 45.1 Å². The van der Waals surface area contributed by atoms with Crippen LogP contribution >= 0.6 is 15.9 Å². The zero-order valence-electron chi connectivity index (χ0n) is 12.4. The number of aliphatic carboxylic acids is 1. The second-order valence-corrected chi connectivity index (χ2v) is 7.05. The summed E-state index contributed by atoms with van der Waals surface area (Å²) in [6.45, 7) is 7.32. The second kappa shape index (κ2) is 7.79. The summed E-state index contributed by atoms with van der Waals surface area (Å²) in [4.78, 5) is 10.0. The standard InChI is InChI=1S/C11H14BrN.C5H10O2/c12-11-3-1-9(2-4-11)10-5-7-13-8-6-10;1-5(2,3)4(6)7/h1-4,10,13H,5-8H2;1-3H3,(H,6,7). The van der Waals surface area contributed by atoms with Gasteiger partial charge in [-0.3, -0.25) is 4.79 Å². The van der Waals surface area contributed by atoms with Crippen molar-refractivity contribution in [3.05, 3.63) is 34.3 Å². The van der Waals surface area contributed by atoms with Gasteiger partial charge in [0.05, 0.1) is 5.41 Å². The molecule has 1 saturated heterocycles. The SMILES string of the molecule is Brc1ccc(C2CCNCC2)cc1.CC(C)(C)C(=O)O. The van der Waals surface area contributed by atoms with Crippen LogP contribution in [0, 0.1) is 5.41 Å². The van der Waals surface area contributed by atoms with Crippen LogP contribution in [0.15, 0.2) is 28.7 Å². The summed E-state index contributed by atoms with van der Waals surface area (Å²) in [5.41, 5.74) is 0.907. The van der Waals surface area contributed by atoms with Crippen LogP contribution in [-0.4, -0.2) is 24.2 Å². The van der Waals surface area contributed by atoms with E-state index >= 15 is 0 Å². The highest BCUT2D eigenvalue weighted by Gasteiger charge is 2.18. The van der Waals surface area contributed by atoms with E-state index in [1.54, 1.807) is 20.8 Å². The third-order valence-corrected chi connectivity index (χ3v) is 3.85. The van der Waals surface area contributed by atoms with Crippen LogP contribution in [0.5, 0.6) is 0 Å². The molecule has 0 amide bonds. The molecule has 4 heteroatoms. The Morgan fingerprint density at radius 1 is 1.20 bits per heavy atom. The van der Waals surface area contributed by atoms with E-state index in [1.807, 2.05) is 0 Å². The predicted octanol–water partition coefficient (Wildman–Crippen LogP) is 4.03. The normalized spacial score (nSPS) is 16.2. The Morgan fingerprint density at radius 3 is 2.05 bits per heavy atom. The molecule has 1 aromatic carbocycles. The lowest BCUT2D eigenvalue weighted by atomic mass is 9.90. The highest BCUT2D eigenvalue weighted by molar-refractivity contribution is 9.10. The molecule has 2 N–H and O–H groups in total. The van der Waals surface area contributed by atoms with Gasteiger partial charge in [0.15, 0.2) is 0 Å². The second-order valence-electron chi connectivity index (χ2n) is 6.13. The van der Waals surface area contributed by atoms with Crippen molar-refractivity contribution in [2.45, 2.75) is 39.5 Å². The van der Waals surface area contributed by atoms with Gasteiger partial charge in [-0.1, -0.05) is 28.1 Å². The average Bonchev–Trinajstić information content (AvgIpc) is 2.40. The quantitative estimate of drug-likeness (QED) is 0.810. The molecular weight excluding hydrogens is 318 g/mol. The highest BCUT2D eigenvalue weighted by atomic mass is 79.9. The summed E-state index contributed by atoms with van der Waals surface area (Å²) in [5, 5.41) is 11.6. The maximum atomic E-state index is 10.0. The predicted molar refractivity (Wildman–Crippen MR) is 86.1 cm³/mol. The minimum absolute atomic E-state index is 0.583. The molecule has 112 valence electrons. The molecule has 0 spiro atoms. The Balaban J connectivity index is 0.000000246. The monoisotopic (exact) mass is 341 g/mol. The third-order valence-electron chi connectivity index (χ3n) is 3.32. The highest BCUT2D eigenvalue weighted by Crippen LogP contribution is 2.25. The van der Waals surface area contributed by atoms with Gasteiger partial charge in [0, 0.05) is 4.47 Å². The molecule has 1 aliphatic rings. The number of hydrogen-bond acceptors (Lipinski definition) is 2. The number of carboxylic acid groups (broad SMARTS) is 1. The van der Waals surface area contributed by atoms with Crippen LogP contribution in [0.25, 0.3) is 0 Å². The van der Waals surface area contributed by atoms with Crippen molar-refractivity contribution in [3.8, 4) is 0 Å². The Kier molecular flexibility index (Phi) is 6.69. The zero-order chi connectivity index (χ0) is 15.2. The minimum atomic E-state index is -0.757. The van der Waals surface area contributed by atoms with E-state index in [0.717, 1.165) is 5.92 Å². The summed E-state index contributed by atoms with van der Waals surface area (Å²) in [5.74, 6) is 0.0156. The van der Waals surface area contributed by atoms with Crippen LogP contribution in [-0.2, 0) is 4.79 Å². The lowest BCUT2D eigenvalue weighted by Gasteiger charge is -2.22. The number of halogens is 1. The summed E-state index contributed by atoms with van der Waals surface area (Å²) < 4.78 is 1.17. The maximum Gasteiger partial charge on any atom is 0.308 e. The molecule has 20 heavy (non-hydrogen) atoms. The van der Waals surface area contributed by atoms with E-state index in [2.05, 4.69) is 45.5 Å². The smallest absolute Gasteiger partial charge is 0.308 e. The van der Waals surface area contributed by atoms with Crippen LogP contribution in [0.4, 0.5) is 0 Å². The minimum Gasteiger partial charge on any atom is -0.481 e. The average molecular weight is 342 g/mol. The third kappa shape index (κ3) is 6.06. The van der Waals surface area contributed by atoms with Gasteiger partial charge in [0.1, 0.15) is 0 Å². The summed E-state index contributed by atoms with van der Waals surface area (Å²) >= 11 is 3.46. The van der Waals surface area contributed by atoms with Gasteiger partial charge in [0.25, 0.3) is 0 Å². The first-order chi connectivity index (χ1) is 9.30. The molecule has 1 aliphatic heterocycles. The Hall–Kier alpha value is -0.870. The summed E-state index contributed by atoms with van der Waals surface area (Å²) in [7, 11) is 0. The van der Waals surface area contributed by atoms with Crippen molar-refractivity contribution in [2.24, 2.45) is 5.41 Å². The maximum absolute atomic E-state index is 10.0. The van der Waals surface area contributed by atoms with Gasteiger partial charge < -0.3 is 10.4 Å². The van der Waals surface area contributed by atoms with Crippen molar-refractivity contribution >= 4 is 21.9 Å². The molecule has 0 atom stereocenters. The molecule has 1 aromatic rings. The molecule has 0 aromatic heterocycles. The van der Waals surface area contributed by atoms with Gasteiger partial charge in [0.2, 0.25) is 0 Å². The molecule has 0 saturated carbocycles. The number of hydrogen-bond donors (Lipinski definition) is 2. The molecule has 2 rings (SSSR count). The number of carbonyl (C=O) groups is 1. The number of nitrogens with one attached hydrogen (secondary N) is 1. The summed E-state index contributed by atoms with van der Waals surface area (Å²) in [6, 6.07) is 8.74. The molecule has 0 unspecified atom stereocenters. The van der Waals surface area contributed by atoms with Crippen molar-refractivity contribution in [1.82, 2.24) is 5.32 Å². The zero-order valence-corrected chi connectivity index (χ0v) is 14.0. The Bertz CT molecular complexity index is 417. The number of piperidine rings is 1. The fraction of sp³-hybridized carbons (Fsp3) is 0.562. The van der Waals surface area contributed by atoms with Crippen molar-refractivity contribution in [2.75, 3.05) is 13.1 Å². The molecular formula is C16H24BrNO2. The molecule has 3 nitrogen and oxygen atoms in total. The van der Waals surface area contributed by atoms with Crippen LogP contribution in [0.2, 0.25) is 0 Å². The topological polar surface area (TPSA) is 49.3 Å². The molecule has 0 aliphatic carbocycles. The lowest BCUT2D eigenvalue weighted by molar-refractivity contribution is -0.145. The molecule has 1 heterocycles. The van der Waals surface area contributed by atoms with Gasteiger partial charge >= 0.3 is 5.97 Å². The van der Waals surface area contributed by atoms with Gasteiger partial charge in [-0.2, -0.15) is 0 Å². The van der Waals surface area contributed by atoms with Crippen LogP contribution in [0.3, 0.4) is 0 Å². The number of benzene rings is 1. The molecule has 0 bridgehead atoms. The van der Waals surface area contributed by atoms with E-state index in [9.17, 15) is 4.79 Å². The number of rotatable bonds is 1. The first-order valence-corrected chi connectivity index (χ1v) is 7.79. The lowest BCUT2D eigenvalue weighted by Crippen LogP contribution is -2.26. The first-order valence-electron chi connectivity index (χ1n) is 7.00. The van der Waals surface area contributed by atoms with E-state index < -0.39 is 11.4 Å². The fourth-order valence-electron chi connectivity index (χ4n) is 1.89. The fourth-order valence-corrected chi connectivity index (χ4v) is 2.15. The van der Waals surface area contributed by atoms with Gasteiger partial charge in [-0.15, -0.1) is 0 Å².